The lowest BCUT2D eigenvalue weighted by Gasteiger charge is -2.28. The van der Waals surface area contributed by atoms with Crippen molar-refractivity contribution in [2.45, 2.75) is 19.6 Å². The Hall–Kier alpha value is -2.29. The van der Waals surface area contributed by atoms with E-state index in [-0.39, 0.29) is 17.3 Å². The molecule has 2 rings (SSSR count). The quantitative estimate of drug-likeness (QED) is 0.574. The van der Waals surface area contributed by atoms with Gasteiger partial charge in [0.05, 0.1) is 37.3 Å². The molecule has 29 heavy (non-hydrogen) atoms. The zero-order valence-corrected chi connectivity index (χ0v) is 18.2. The van der Waals surface area contributed by atoms with Gasteiger partial charge in [-0.05, 0) is 30.7 Å². The van der Waals surface area contributed by atoms with Gasteiger partial charge in [0.1, 0.15) is 11.8 Å². The molecule has 0 radical (unpaired) electrons. The van der Waals surface area contributed by atoms with Crippen LogP contribution in [0.2, 0.25) is 5.02 Å². The molecule has 1 atom stereocenters. The van der Waals surface area contributed by atoms with Crippen molar-refractivity contribution in [1.29, 1.82) is 0 Å². The third-order valence-electron chi connectivity index (χ3n) is 4.14. The zero-order valence-electron chi connectivity index (χ0n) is 16.6. The van der Waals surface area contributed by atoms with Crippen molar-refractivity contribution in [3.05, 3.63) is 59.1 Å². The first-order valence-corrected chi connectivity index (χ1v) is 11.2. The summed E-state index contributed by atoms with van der Waals surface area (Å²) < 4.78 is 36.3. The first-order chi connectivity index (χ1) is 13.7. The number of hydrogen-bond acceptors (Lipinski definition) is 5. The molecular formula is C20H25ClN2O5S. The van der Waals surface area contributed by atoms with Crippen molar-refractivity contribution in [3.63, 3.8) is 0 Å². The lowest BCUT2D eigenvalue weighted by Crippen LogP contribution is -2.48. The fourth-order valence-electron chi connectivity index (χ4n) is 2.76. The molecule has 0 unspecified atom stereocenters. The van der Waals surface area contributed by atoms with Crippen LogP contribution in [-0.4, -0.2) is 46.9 Å². The van der Waals surface area contributed by atoms with Gasteiger partial charge in [0.2, 0.25) is 15.9 Å². The normalized spacial score (nSPS) is 12.3. The van der Waals surface area contributed by atoms with Gasteiger partial charge >= 0.3 is 0 Å². The van der Waals surface area contributed by atoms with E-state index in [4.69, 9.17) is 21.1 Å². The summed E-state index contributed by atoms with van der Waals surface area (Å²) in [7, 11) is -2.26. The summed E-state index contributed by atoms with van der Waals surface area (Å²) in [5.74, 6) is -0.0257. The van der Waals surface area contributed by atoms with E-state index < -0.39 is 22.0 Å². The van der Waals surface area contributed by atoms with E-state index in [1.165, 1.54) is 20.1 Å². The van der Waals surface area contributed by atoms with Crippen molar-refractivity contribution in [2.75, 3.05) is 30.8 Å². The number of amides is 1. The van der Waals surface area contributed by atoms with Gasteiger partial charge in [-0.25, -0.2) is 8.42 Å². The van der Waals surface area contributed by atoms with Crippen LogP contribution in [0.25, 0.3) is 0 Å². The monoisotopic (exact) mass is 440 g/mol. The number of carbonyl (C=O) groups is 1. The first-order valence-electron chi connectivity index (χ1n) is 8.96. The maximum absolute atomic E-state index is 12.5. The molecule has 7 nitrogen and oxygen atoms in total. The van der Waals surface area contributed by atoms with Crippen LogP contribution in [0.15, 0.2) is 48.5 Å². The number of benzene rings is 2. The Morgan fingerprint density at radius 1 is 1.21 bits per heavy atom. The van der Waals surface area contributed by atoms with E-state index in [9.17, 15) is 13.2 Å². The number of carbonyl (C=O) groups excluding carboxylic acids is 1. The summed E-state index contributed by atoms with van der Waals surface area (Å²) in [6.45, 7) is 2.52. The Labute approximate surface area is 176 Å². The van der Waals surface area contributed by atoms with Crippen molar-refractivity contribution >= 4 is 33.2 Å². The Morgan fingerprint density at radius 2 is 1.90 bits per heavy atom. The average Bonchev–Trinajstić information content (AvgIpc) is 2.67. The van der Waals surface area contributed by atoms with Crippen LogP contribution in [0.5, 0.6) is 5.75 Å². The molecule has 0 saturated carbocycles. The molecule has 0 heterocycles. The molecule has 0 saturated heterocycles. The Kier molecular flexibility index (Phi) is 8.31. The predicted molar refractivity (Wildman–Crippen MR) is 114 cm³/mol. The summed E-state index contributed by atoms with van der Waals surface area (Å²) in [5.41, 5.74) is 1.31. The number of nitrogens with one attached hydrogen (secondary N) is 1. The lowest BCUT2D eigenvalue weighted by molar-refractivity contribution is -0.122. The summed E-state index contributed by atoms with van der Waals surface area (Å²) in [4.78, 5) is 12.5. The Morgan fingerprint density at radius 3 is 2.48 bits per heavy atom. The molecule has 1 amide bonds. The molecule has 0 aliphatic rings. The molecule has 2 aromatic carbocycles. The third kappa shape index (κ3) is 6.62. The molecule has 9 heteroatoms. The van der Waals surface area contributed by atoms with Crippen molar-refractivity contribution in [3.8, 4) is 5.75 Å². The summed E-state index contributed by atoms with van der Waals surface area (Å²) in [6, 6.07) is 13.2. The molecule has 0 spiro atoms. The lowest BCUT2D eigenvalue weighted by atomic mass is 10.2. The first kappa shape index (κ1) is 23.0. The Bertz CT molecular complexity index is 922. The number of ether oxygens (including phenoxy) is 2. The Balaban J connectivity index is 1.97. The van der Waals surface area contributed by atoms with Gasteiger partial charge in [0.15, 0.2) is 0 Å². The van der Waals surface area contributed by atoms with Crippen molar-refractivity contribution in [2.24, 2.45) is 0 Å². The van der Waals surface area contributed by atoms with E-state index >= 15 is 0 Å². The highest BCUT2D eigenvalue weighted by Gasteiger charge is 2.29. The predicted octanol–water partition coefficient (Wildman–Crippen LogP) is 2.84. The van der Waals surface area contributed by atoms with E-state index in [0.717, 1.165) is 16.1 Å². The van der Waals surface area contributed by atoms with Gasteiger partial charge in [0, 0.05) is 6.54 Å². The van der Waals surface area contributed by atoms with Crippen LogP contribution in [0, 0.1) is 0 Å². The van der Waals surface area contributed by atoms with Gasteiger partial charge < -0.3 is 14.8 Å². The van der Waals surface area contributed by atoms with Crippen LogP contribution in [0.4, 0.5) is 5.69 Å². The summed E-state index contributed by atoms with van der Waals surface area (Å²) in [5, 5.41) is 2.95. The van der Waals surface area contributed by atoms with E-state index in [0.29, 0.717) is 19.0 Å². The molecular weight excluding hydrogens is 416 g/mol. The zero-order chi connectivity index (χ0) is 21.4. The maximum Gasteiger partial charge on any atom is 0.243 e. The maximum atomic E-state index is 12.5. The molecule has 0 bridgehead atoms. The summed E-state index contributed by atoms with van der Waals surface area (Å²) in [6.07, 6.45) is 1.04. The molecule has 158 valence electrons. The average molecular weight is 441 g/mol. The van der Waals surface area contributed by atoms with Gasteiger partial charge in [-0.2, -0.15) is 0 Å². The number of rotatable bonds is 10. The van der Waals surface area contributed by atoms with E-state index in [2.05, 4.69) is 5.32 Å². The largest absolute Gasteiger partial charge is 0.495 e. The number of anilines is 1. The number of halogens is 1. The molecule has 0 aliphatic heterocycles. The minimum Gasteiger partial charge on any atom is -0.495 e. The number of sulfonamides is 1. The highest BCUT2D eigenvalue weighted by Crippen LogP contribution is 2.31. The van der Waals surface area contributed by atoms with Gasteiger partial charge in [-0.15, -0.1) is 0 Å². The van der Waals surface area contributed by atoms with Crippen LogP contribution >= 0.6 is 11.6 Å². The van der Waals surface area contributed by atoms with Gasteiger partial charge in [0.25, 0.3) is 0 Å². The fraction of sp³-hybridized carbons (Fsp3) is 0.350. The van der Waals surface area contributed by atoms with Crippen LogP contribution in [-0.2, 0) is 26.2 Å². The molecule has 1 N–H and O–H groups in total. The SMILES string of the molecule is COc1ccc(N([C@H](C)C(=O)NCCOCc2ccccc2)S(C)(=O)=O)cc1Cl. The van der Waals surface area contributed by atoms with Gasteiger partial charge in [-0.1, -0.05) is 41.9 Å². The highest BCUT2D eigenvalue weighted by atomic mass is 35.5. The second-order valence-corrected chi connectivity index (χ2v) is 8.65. The van der Waals surface area contributed by atoms with Crippen molar-refractivity contribution in [1.82, 2.24) is 5.32 Å². The number of hydrogen-bond donors (Lipinski definition) is 1. The van der Waals surface area contributed by atoms with Crippen molar-refractivity contribution < 1.29 is 22.7 Å². The molecule has 0 aliphatic carbocycles. The minimum atomic E-state index is -3.73. The second kappa shape index (κ2) is 10.5. The smallest absolute Gasteiger partial charge is 0.243 e. The van der Waals surface area contributed by atoms with Crippen LogP contribution in [0.3, 0.4) is 0 Å². The van der Waals surface area contributed by atoms with E-state index in [1.54, 1.807) is 12.1 Å². The molecule has 2 aromatic rings. The fourth-order valence-corrected chi connectivity index (χ4v) is 4.18. The standard InChI is InChI=1S/C20H25ClN2O5S/c1-15(20(24)22-11-12-28-14-16-7-5-4-6-8-16)23(29(3,25)26)17-9-10-19(27-2)18(21)13-17/h4-10,13,15H,11-12,14H2,1-3H3,(H,22,24)/t15-/m1/s1. The van der Waals surface area contributed by atoms with Crippen LogP contribution < -0.4 is 14.4 Å². The highest BCUT2D eigenvalue weighted by molar-refractivity contribution is 7.92. The molecule has 0 fully saturated rings. The van der Waals surface area contributed by atoms with Crippen LogP contribution in [0.1, 0.15) is 12.5 Å². The topological polar surface area (TPSA) is 84.9 Å². The van der Waals surface area contributed by atoms with E-state index in [1.807, 2.05) is 30.3 Å². The third-order valence-corrected chi connectivity index (χ3v) is 5.67. The molecule has 0 aromatic heterocycles. The number of methoxy groups -OCH3 is 1. The van der Waals surface area contributed by atoms with Gasteiger partial charge in [-0.3, -0.25) is 9.10 Å². The minimum absolute atomic E-state index is 0.251. The summed E-state index contributed by atoms with van der Waals surface area (Å²) >= 11 is 6.11. The second-order valence-electron chi connectivity index (χ2n) is 6.38. The number of nitrogens with zero attached hydrogens (tertiary/aromatic N) is 1.